The van der Waals surface area contributed by atoms with Crippen molar-refractivity contribution in [1.29, 1.82) is 0 Å². The number of rotatable bonds is 5. The smallest absolute Gasteiger partial charge is 0.241 e. The summed E-state index contributed by atoms with van der Waals surface area (Å²) in [4.78, 5) is 9.05. The van der Waals surface area contributed by atoms with E-state index in [4.69, 9.17) is 9.26 Å². The molecular formula is C21H23FN4O2. The van der Waals surface area contributed by atoms with Crippen LogP contribution < -0.4 is 9.64 Å². The summed E-state index contributed by atoms with van der Waals surface area (Å²) < 4.78 is 24.5. The largest absolute Gasteiger partial charge is 0.497 e. The van der Waals surface area contributed by atoms with E-state index < -0.39 is 0 Å². The predicted molar refractivity (Wildman–Crippen MR) is 105 cm³/mol. The molecule has 0 radical (unpaired) electrons. The van der Waals surface area contributed by atoms with E-state index in [0.29, 0.717) is 29.4 Å². The third-order valence-corrected chi connectivity index (χ3v) is 5.05. The number of methoxy groups -OCH3 is 1. The van der Waals surface area contributed by atoms with E-state index in [1.807, 2.05) is 12.1 Å². The Bertz CT molecular complexity index is 951. The standard InChI is InChI=1S/C21H23FN4O2/c1-15-6-7-16(12-19(15)22)21-23-20(28-24-21)14-25-8-10-26(11-9-25)17-4-3-5-18(13-17)27-2/h3-7,12-13H,8-11,14H2,1-2H3. The molecule has 0 saturated carbocycles. The molecule has 1 aliphatic rings. The minimum atomic E-state index is -0.266. The van der Waals surface area contributed by atoms with Gasteiger partial charge in [0.2, 0.25) is 11.7 Å². The first-order chi connectivity index (χ1) is 13.6. The Labute approximate surface area is 163 Å². The summed E-state index contributed by atoms with van der Waals surface area (Å²) >= 11 is 0. The molecular weight excluding hydrogens is 359 g/mol. The first kappa shape index (κ1) is 18.4. The van der Waals surface area contributed by atoms with Gasteiger partial charge in [-0.1, -0.05) is 23.4 Å². The van der Waals surface area contributed by atoms with Gasteiger partial charge in [-0.25, -0.2) is 4.39 Å². The molecule has 0 atom stereocenters. The molecule has 6 nitrogen and oxygen atoms in total. The molecule has 0 aliphatic carbocycles. The number of benzene rings is 2. The molecule has 7 heteroatoms. The van der Waals surface area contributed by atoms with Gasteiger partial charge in [0.15, 0.2) is 0 Å². The highest BCUT2D eigenvalue weighted by atomic mass is 19.1. The van der Waals surface area contributed by atoms with Crippen LogP contribution in [0.3, 0.4) is 0 Å². The average molecular weight is 382 g/mol. The van der Waals surface area contributed by atoms with Gasteiger partial charge in [-0.2, -0.15) is 4.98 Å². The zero-order valence-electron chi connectivity index (χ0n) is 16.1. The number of hydrogen-bond donors (Lipinski definition) is 0. The van der Waals surface area contributed by atoms with Crippen molar-refractivity contribution in [3.8, 4) is 17.1 Å². The Hall–Kier alpha value is -2.93. The van der Waals surface area contributed by atoms with Crippen LogP contribution in [0, 0.1) is 12.7 Å². The minimum Gasteiger partial charge on any atom is -0.497 e. The number of ether oxygens (including phenoxy) is 1. The van der Waals surface area contributed by atoms with Crippen LogP contribution in [0.1, 0.15) is 11.5 Å². The fourth-order valence-electron chi connectivity index (χ4n) is 3.33. The molecule has 1 aromatic heterocycles. The normalized spacial score (nSPS) is 15.0. The zero-order chi connectivity index (χ0) is 19.5. The van der Waals surface area contributed by atoms with Gasteiger partial charge in [0.05, 0.1) is 13.7 Å². The summed E-state index contributed by atoms with van der Waals surface area (Å²) in [7, 11) is 1.68. The van der Waals surface area contributed by atoms with Crippen molar-refractivity contribution in [3.63, 3.8) is 0 Å². The predicted octanol–water partition coefficient (Wildman–Crippen LogP) is 3.51. The SMILES string of the molecule is COc1cccc(N2CCN(Cc3nc(-c4ccc(C)c(F)c4)no3)CC2)c1. The van der Waals surface area contributed by atoms with Gasteiger partial charge in [-0.05, 0) is 30.7 Å². The highest BCUT2D eigenvalue weighted by Gasteiger charge is 2.20. The second kappa shape index (κ2) is 7.98. The maximum absolute atomic E-state index is 13.8. The van der Waals surface area contributed by atoms with Gasteiger partial charge >= 0.3 is 0 Å². The Morgan fingerprint density at radius 1 is 1.11 bits per heavy atom. The lowest BCUT2D eigenvalue weighted by molar-refractivity contribution is 0.215. The van der Waals surface area contributed by atoms with Crippen LogP contribution in [-0.4, -0.2) is 48.3 Å². The maximum atomic E-state index is 13.8. The van der Waals surface area contributed by atoms with E-state index in [0.717, 1.165) is 31.9 Å². The quantitative estimate of drug-likeness (QED) is 0.673. The summed E-state index contributed by atoms with van der Waals surface area (Å²) in [6, 6.07) is 13.1. The van der Waals surface area contributed by atoms with Crippen LogP contribution in [0.4, 0.5) is 10.1 Å². The number of aromatic nitrogens is 2. The lowest BCUT2D eigenvalue weighted by Gasteiger charge is -2.35. The van der Waals surface area contributed by atoms with Crippen molar-refractivity contribution >= 4 is 5.69 Å². The Kier molecular flexibility index (Phi) is 5.25. The van der Waals surface area contributed by atoms with Crippen LogP contribution in [-0.2, 0) is 6.54 Å². The maximum Gasteiger partial charge on any atom is 0.241 e. The zero-order valence-corrected chi connectivity index (χ0v) is 16.1. The van der Waals surface area contributed by atoms with Crippen molar-refractivity contribution < 1.29 is 13.7 Å². The number of anilines is 1. The first-order valence-corrected chi connectivity index (χ1v) is 9.33. The van der Waals surface area contributed by atoms with Crippen LogP contribution >= 0.6 is 0 Å². The third kappa shape index (κ3) is 3.99. The average Bonchev–Trinajstić information content (AvgIpc) is 3.19. The van der Waals surface area contributed by atoms with E-state index >= 15 is 0 Å². The van der Waals surface area contributed by atoms with Crippen LogP contribution in [0.5, 0.6) is 5.75 Å². The molecule has 0 N–H and O–H groups in total. The second-order valence-corrected chi connectivity index (χ2v) is 6.94. The molecule has 2 heterocycles. The summed E-state index contributed by atoms with van der Waals surface area (Å²) in [5.41, 5.74) is 2.39. The molecule has 146 valence electrons. The molecule has 4 rings (SSSR count). The molecule has 1 saturated heterocycles. The summed E-state index contributed by atoms with van der Waals surface area (Å²) in [6.45, 7) is 5.94. The topological polar surface area (TPSA) is 54.6 Å². The number of nitrogens with zero attached hydrogens (tertiary/aromatic N) is 4. The fourth-order valence-corrected chi connectivity index (χ4v) is 3.33. The molecule has 1 aliphatic heterocycles. The number of aryl methyl sites for hydroxylation is 1. The first-order valence-electron chi connectivity index (χ1n) is 9.33. The van der Waals surface area contributed by atoms with E-state index in [2.05, 4.69) is 32.1 Å². The van der Waals surface area contributed by atoms with E-state index in [1.54, 1.807) is 26.2 Å². The van der Waals surface area contributed by atoms with Gasteiger partial charge in [-0.3, -0.25) is 4.90 Å². The van der Waals surface area contributed by atoms with Crippen LogP contribution in [0.25, 0.3) is 11.4 Å². The van der Waals surface area contributed by atoms with Crippen molar-refractivity contribution in [3.05, 3.63) is 59.7 Å². The molecule has 0 amide bonds. The minimum absolute atomic E-state index is 0.266. The monoisotopic (exact) mass is 382 g/mol. The molecule has 1 fully saturated rings. The number of halogens is 1. The van der Waals surface area contributed by atoms with E-state index in [1.165, 1.54) is 11.8 Å². The Morgan fingerprint density at radius 3 is 2.68 bits per heavy atom. The molecule has 2 aromatic carbocycles. The van der Waals surface area contributed by atoms with Crippen molar-refractivity contribution in [2.45, 2.75) is 13.5 Å². The molecule has 0 spiro atoms. The van der Waals surface area contributed by atoms with E-state index in [-0.39, 0.29) is 5.82 Å². The Morgan fingerprint density at radius 2 is 1.93 bits per heavy atom. The molecule has 28 heavy (non-hydrogen) atoms. The highest BCUT2D eigenvalue weighted by Crippen LogP contribution is 2.23. The molecule has 0 unspecified atom stereocenters. The van der Waals surface area contributed by atoms with Crippen LogP contribution in [0.2, 0.25) is 0 Å². The molecule has 0 bridgehead atoms. The van der Waals surface area contributed by atoms with Crippen LogP contribution in [0.15, 0.2) is 47.0 Å². The summed E-state index contributed by atoms with van der Waals surface area (Å²) in [5.74, 6) is 1.57. The fraction of sp³-hybridized carbons (Fsp3) is 0.333. The third-order valence-electron chi connectivity index (χ3n) is 5.05. The highest BCUT2D eigenvalue weighted by molar-refractivity contribution is 5.55. The Balaban J connectivity index is 1.36. The van der Waals surface area contributed by atoms with Gasteiger partial charge in [0.25, 0.3) is 0 Å². The van der Waals surface area contributed by atoms with Gasteiger partial charge in [0, 0.05) is 43.5 Å². The van der Waals surface area contributed by atoms with Crippen molar-refractivity contribution in [2.75, 3.05) is 38.2 Å². The summed E-state index contributed by atoms with van der Waals surface area (Å²) in [5, 5.41) is 4.00. The number of hydrogen-bond acceptors (Lipinski definition) is 6. The van der Waals surface area contributed by atoms with Gasteiger partial charge in [-0.15, -0.1) is 0 Å². The lowest BCUT2D eigenvalue weighted by Crippen LogP contribution is -2.46. The van der Waals surface area contributed by atoms with Crippen molar-refractivity contribution in [2.24, 2.45) is 0 Å². The second-order valence-electron chi connectivity index (χ2n) is 6.94. The van der Waals surface area contributed by atoms with E-state index in [9.17, 15) is 4.39 Å². The van der Waals surface area contributed by atoms with Gasteiger partial charge in [0.1, 0.15) is 11.6 Å². The summed E-state index contributed by atoms with van der Waals surface area (Å²) in [6.07, 6.45) is 0. The van der Waals surface area contributed by atoms with Gasteiger partial charge < -0.3 is 14.2 Å². The van der Waals surface area contributed by atoms with Crippen molar-refractivity contribution in [1.82, 2.24) is 15.0 Å². The lowest BCUT2D eigenvalue weighted by atomic mass is 10.1. The molecule has 3 aromatic rings. The number of piperazine rings is 1.